The van der Waals surface area contributed by atoms with Gasteiger partial charge in [-0.25, -0.2) is 0 Å². The van der Waals surface area contributed by atoms with Crippen LogP contribution in [0.5, 0.6) is 0 Å². The van der Waals surface area contributed by atoms with Gasteiger partial charge in [-0.1, -0.05) is 352 Å². The molecule has 0 amide bonds. The standard InChI is InChI=1S/C132H70/c1-3-67-7-8-71-21-43-95(105-53-25-69(5-1)117(67)119(71)105)96-44-22-78-28-49-101-91(39-17-74-32-54-106(96)126(78)122(74)101)83-12-10-81(59-83)90-38-16-73-31-52-104-94(42-20-77-27-48-100(90)121(73)125(77)104)88-64-112-114-62-86-36-56-108-98(46-24-80-35-58-110(130(86)128(80)108)132(114)116(112)66-88)97-45-23-79-29-50-102-92(40-18-75-33-55-107(97)127(79)123(75)102)84-13-11-82(60-84)89-37-15-72-30-51-103-93(41-19-76-26-47-99(89)120(72)124(76)103)87-63-111-113-61-85-14-9-68-4-2-6-70-34-57-109(129(85)118(68)70)131(113)115(111)65-87/h1-58,61-64H,59-60,65-66H2. The molecular weight excluding hydrogens is 1590 g/mol. The Morgan fingerprint density at radius 3 is 0.576 bits per heavy atom. The summed E-state index contributed by atoms with van der Waals surface area (Å²) in [5.74, 6) is 0. The average molecular weight is 1660 g/mol. The van der Waals surface area contributed by atoms with E-state index in [0.29, 0.717) is 0 Å². The van der Waals surface area contributed by atoms with Crippen molar-refractivity contribution in [2.24, 2.45) is 0 Å². The molecule has 0 aliphatic heterocycles. The first-order valence-corrected chi connectivity index (χ1v) is 47.1. The van der Waals surface area contributed by atoms with Crippen LogP contribution in [0.25, 0.3) is 316 Å². The van der Waals surface area contributed by atoms with Gasteiger partial charge in [0.2, 0.25) is 0 Å². The summed E-state index contributed by atoms with van der Waals surface area (Å²) in [5, 5.41) is 61.6. The third-order valence-electron chi connectivity index (χ3n) is 33.2. The summed E-state index contributed by atoms with van der Waals surface area (Å²) in [7, 11) is 0. The van der Waals surface area contributed by atoms with Crippen molar-refractivity contribution >= 4 is 293 Å². The molecule has 0 N–H and O–H groups in total. The van der Waals surface area contributed by atoms with Crippen LogP contribution in [0.3, 0.4) is 0 Å². The largest absolute Gasteiger partial charge is 0.0610 e. The molecule has 0 unspecified atom stereocenters. The van der Waals surface area contributed by atoms with Gasteiger partial charge in [0.25, 0.3) is 0 Å². The van der Waals surface area contributed by atoms with E-state index < -0.39 is 0 Å². The maximum atomic E-state index is 2.55. The Balaban J connectivity index is 0.419. The fourth-order valence-corrected chi connectivity index (χ4v) is 27.5. The Hall–Kier alpha value is -16.6. The Kier molecular flexibility index (Phi) is 12.5. The van der Waals surface area contributed by atoms with E-state index >= 15 is 0 Å². The van der Waals surface area contributed by atoms with Crippen molar-refractivity contribution in [1.82, 2.24) is 0 Å². The normalized spacial score (nSPS) is 14.7. The van der Waals surface area contributed by atoms with Crippen LogP contribution in [-0.4, -0.2) is 0 Å². The lowest BCUT2D eigenvalue weighted by molar-refractivity contribution is 1.35. The summed E-state index contributed by atoms with van der Waals surface area (Å²) in [5.41, 5.74) is 27.3. The lowest BCUT2D eigenvalue weighted by Gasteiger charge is -2.21. The summed E-state index contributed by atoms with van der Waals surface area (Å²) in [6.07, 6.45) is 18.3. The summed E-state index contributed by atoms with van der Waals surface area (Å²) in [6, 6.07) is 133. The second-order valence-electron chi connectivity index (χ2n) is 39.2. The van der Waals surface area contributed by atoms with E-state index in [1.54, 1.807) is 0 Å². The molecule has 0 aromatic heterocycles. The monoisotopic (exact) mass is 1650 g/mol. The highest BCUT2D eigenvalue weighted by molar-refractivity contribution is 6.40. The molecule has 0 spiro atoms. The van der Waals surface area contributed by atoms with Gasteiger partial charge < -0.3 is 0 Å². The van der Waals surface area contributed by atoms with Gasteiger partial charge in [0.15, 0.2) is 0 Å². The number of benzene rings is 28. The average Bonchev–Trinajstić information content (AvgIpc) is 1.55. The SMILES string of the molecule is C1=C(c2ccc3ccc4c(C5=Cc6c(c7c6cc6ccc8c(-c9ccc%10ccc%11c(C%12=CC=C(c%13ccc%14ccc%15c(C%16=Cc%17c(c%18c%17cc%17ccc%19cccc%20ccc%18c%17c%19%20)C%16)ccc%16ccc%13c%14c%16%15)C%12)ccc%12ccc9c%10c%12%11)ccc9ccc7c6c98)C5)ccc5ccc2c3c54)CC(c2ccc3ccc4c(-c5ccc6ccc7cccc8ccc5c6c78)ccc5ccc2c3c54)=C1. The molecular formula is C132H70. The number of allylic oxidation sites excluding steroid dienone is 10. The first kappa shape index (κ1) is 68.5. The molecule has 0 radical (unpaired) electrons. The molecule has 0 saturated heterocycles. The van der Waals surface area contributed by atoms with Crippen LogP contribution >= 0.6 is 0 Å². The maximum absolute atomic E-state index is 2.55. The highest BCUT2D eigenvalue weighted by Crippen LogP contribution is 2.58. The number of hydrogen-bond acceptors (Lipinski definition) is 0. The minimum atomic E-state index is 0.865. The van der Waals surface area contributed by atoms with Crippen molar-refractivity contribution in [3.63, 3.8) is 0 Å². The topological polar surface area (TPSA) is 0 Å². The molecule has 132 heavy (non-hydrogen) atoms. The zero-order valence-corrected chi connectivity index (χ0v) is 71.6. The van der Waals surface area contributed by atoms with Gasteiger partial charge >= 0.3 is 0 Å². The van der Waals surface area contributed by atoms with E-state index in [1.807, 2.05) is 0 Å². The van der Waals surface area contributed by atoms with Crippen LogP contribution in [0, 0.1) is 0 Å². The highest BCUT2D eigenvalue weighted by atomic mass is 14.4. The fourth-order valence-electron chi connectivity index (χ4n) is 27.5. The second kappa shape index (κ2) is 24.0. The predicted octanol–water partition coefficient (Wildman–Crippen LogP) is 36.4. The molecule has 34 rings (SSSR count). The molecule has 0 bridgehead atoms. The molecule has 598 valence electrons. The van der Waals surface area contributed by atoms with Gasteiger partial charge in [-0.2, -0.15) is 0 Å². The molecule has 0 atom stereocenters. The summed E-state index contributed by atoms with van der Waals surface area (Å²) in [6.45, 7) is 0. The molecule has 0 heteroatoms. The predicted molar refractivity (Wildman–Crippen MR) is 571 cm³/mol. The maximum Gasteiger partial charge on any atom is -0.000683 e. The minimum absolute atomic E-state index is 0.865. The van der Waals surface area contributed by atoms with E-state index in [1.165, 1.54) is 359 Å². The molecule has 0 saturated carbocycles. The molecule has 4 aliphatic carbocycles. The fraction of sp³-hybridized carbons (Fsp3) is 0.0303. The molecule has 0 nitrogen and oxygen atoms in total. The summed E-state index contributed by atoms with van der Waals surface area (Å²) >= 11 is 0. The van der Waals surface area contributed by atoms with Crippen molar-refractivity contribution in [2.75, 3.05) is 0 Å². The van der Waals surface area contributed by atoms with E-state index in [4.69, 9.17) is 0 Å². The van der Waals surface area contributed by atoms with Crippen molar-refractivity contribution in [2.45, 2.75) is 25.7 Å². The summed E-state index contributed by atoms with van der Waals surface area (Å²) < 4.78 is 0. The summed E-state index contributed by atoms with van der Waals surface area (Å²) in [4.78, 5) is 0. The third-order valence-corrected chi connectivity index (χ3v) is 33.2. The zero-order chi connectivity index (χ0) is 84.8. The lowest BCUT2D eigenvalue weighted by atomic mass is 9.82. The Morgan fingerprint density at radius 2 is 0.303 bits per heavy atom. The van der Waals surface area contributed by atoms with Crippen LogP contribution < -0.4 is 0 Å². The van der Waals surface area contributed by atoms with Gasteiger partial charge in [-0.15, -0.1) is 0 Å². The first-order valence-electron chi connectivity index (χ1n) is 47.1. The van der Waals surface area contributed by atoms with E-state index in [9.17, 15) is 0 Å². The quantitative estimate of drug-likeness (QED) is 0.133. The Labute approximate surface area is 755 Å². The first-order chi connectivity index (χ1) is 65.4. The van der Waals surface area contributed by atoms with Crippen LogP contribution in [0.2, 0.25) is 0 Å². The lowest BCUT2D eigenvalue weighted by Crippen LogP contribution is -1.97. The zero-order valence-electron chi connectivity index (χ0n) is 71.6. The highest BCUT2D eigenvalue weighted by Gasteiger charge is 2.33. The van der Waals surface area contributed by atoms with Crippen molar-refractivity contribution in [3.05, 3.63) is 420 Å². The van der Waals surface area contributed by atoms with Gasteiger partial charge in [-0.05, 0) is 409 Å². The van der Waals surface area contributed by atoms with E-state index in [-0.39, 0.29) is 0 Å². The van der Waals surface area contributed by atoms with Crippen molar-refractivity contribution in [3.8, 4) is 22.3 Å². The molecule has 0 heterocycles. The van der Waals surface area contributed by atoms with Crippen LogP contribution in [0.1, 0.15) is 68.5 Å². The van der Waals surface area contributed by atoms with Crippen molar-refractivity contribution < 1.29 is 0 Å². The molecule has 30 aromatic rings. The third kappa shape index (κ3) is 8.54. The number of rotatable bonds is 8. The van der Waals surface area contributed by atoms with Crippen LogP contribution in [0.4, 0.5) is 0 Å². The number of hydrogen-bond donors (Lipinski definition) is 0. The Morgan fingerprint density at radius 1 is 0.121 bits per heavy atom. The van der Waals surface area contributed by atoms with Crippen molar-refractivity contribution in [1.29, 1.82) is 0 Å². The van der Waals surface area contributed by atoms with Crippen LogP contribution in [0.15, 0.2) is 364 Å². The van der Waals surface area contributed by atoms with Gasteiger partial charge in [0.05, 0.1) is 0 Å². The van der Waals surface area contributed by atoms with E-state index in [2.05, 4.69) is 376 Å². The minimum Gasteiger partial charge on any atom is -0.0610 e. The molecule has 30 aromatic carbocycles. The molecule has 4 aliphatic rings. The number of fused-ring (bicyclic) bond motifs is 10. The Bertz CT molecular complexity index is 10800. The van der Waals surface area contributed by atoms with E-state index in [0.717, 1.165) is 25.7 Å². The van der Waals surface area contributed by atoms with Crippen LogP contribution in [-0.2, 0) is 12.8 Å². The second-order valence-corrected chi connectivity index (χ2v) is 39.2. The van der Waals surface area contributed by atoms with Gasteiger partial charge in [-0.3, -0.25) is 0 Å². The smallest absolute Gasteiger partial charge is 0.000683 e. The molecule has 0 fully saturated rings. The van der Waals surface area contributed by atoms with Gasteiger partial charge in [0, 0.05) is 0 Å². The van der Waals surface area contributed by atoms with Gasteiger partial charge in [0.1, 0.15) is 0 Å².